The largest absolute Gasteiger partial charge is 0.453 e. The van der Waals surface area contributed by atoms with E-state index in [4.69, 9.17) is 9.47 Å². The second-order valence-corrected chi connectivity index (χ2v) is 5.29. The van der Waals surface area contributed by atoms with Gasteiger partial charge < -0.3 is 9.47 Å². The number of carbonyl (C=O) groups is 1. The van der Waals surface area contributed by atoms with Crippen LogP contribution >= 0.6 is 0 Å². The summed E-state index contributed by atoms with van der Waals surface area (Å²) in [6, 6.07) is 1.19. The first kappa shape index (κ1) is 13.9. The van der Waals surface area contributed by atoms with Gasteiger partial charge in [0.1, 0.15) is 5.56 Å². The summed E-state index contributed by atoms with van der Waals surface area (Å²) in [5, 5.41) is 11.0. The summed E-state index contributed by atoms with van der Waals surface area (Å²) < 4.78 is 10.4. The van der Waals surface area contributed by atoms with Crippen molar-refractivity contribution in [3.63, 3.8) is 0 Å². The molecule has 1 aromatic carbocycles. The van der Waals surface area contributed by atoms with Gasteiger partial charge in [0.15, 0.2) is 17.8 Å². The van der Waals surface area contributed by atoms with Gasteiger partial charge in [0, 0.05) is 5.41 Å². The molecular formula is C14H13NO5. The Kier molecular flexibility index (Phi) is 3.36. The van der Waals surface area contributed by atoms with Crippen LogP contribution in [0.4, 0.5) is 5.69 Å². The number of fused-ring (bicyclic) bond motifs is 1. The van der Waals surface area contributed by atoms with Gasteiger partial charge in [0.2, 0.25) is 6.79 Å². The first-order valence-electron chi connectivity index (χ1n) is 5.93. The SMILES string of the molecule is CC(C)(C)C#Cc1c(C=O)c([N+](=O)[O-])cc2c1OCO2. The van der Waals surface area contributed by atoms with Gasteiger partial charge in [-0.05, 0) is 20.8 Å². The second kappa shape index (κ2) is 4.85. The molecule has 20 heavy (non-hydrogen) atoms. The third-order valence-electron chi connectivity index (χ3n) is 2.56. The topological polar surface area (TPSA) is 78.7 Å². The number of hydrogen-bond donors (Lipinski definition) is 0. The van der Waals surface area contributed by atoms with Crippen LogP contribution in [0.3, 0.4) is 0 Å². The van der Waals surface area contributed by atoms with Crippen LogP contribution in [0, 0.1) is 27.4 Å². The molecule has 0 saturated heterocycles. The van der Waals surface area contributed by atoms with Crippen molar-refractivity contribution >= 4 is 12.0 Å². The molecule has 0 radical (unpaired) electrons. The minimum Gasteiger partial charge on any atom is -0.453 e. The number of rotatable bonds is 2. The monoisotopic (exact) mass is 275 g/mol. The second-order valence-electron chi connectivity index (χ2n) is 5.29. The number of aldehydes is 1. The molecular weight excluding hydrogens is 262 g/mol. The molecule has 6 nitrogen and oxygen atoms in total. The number of carbonyl (C=O) groups excluding carboxylic acids is 1. The molecule has 6 heteroatoms. The molecule has 0 fully saturated rings. The Balaban J connectivity index is 2.72. The molecule has 0 atom stereocenters. The van der Waals surface area contributed by atoms with E-state index in [1.54, 1.807) is 0 Å². The number of nitro benzene ring substituents is 1. The highest BCUT2D eigenvalue weighted by Gasteiger charge is 2.28. The van der Waals surface area contributed by atoms with Crippen molar-refractivity contribution in [1.82, 2.24) is 0 Å². The number of ether oxygens (including phenoxy) is 2. The average molecular weight is 275 g/mol. The molecule has 0 saturated carbocycles. The quantitative estimate of drug-likeness (QED) is 0.358. The summed E-state index contributed by atoms with van der Waals surface area (Å²) in [6.07, 6.45) is 0.423. The molecule has 0 N–H and O–H groups in total. The van der Waals surface area contributed by atoms with E-state index in [9.17, 15) is 14.9 Å². The normalized spacial score (nSPS) is 12.6. The van der Waals surface area contributed by atoms with Crippen molar-refractivity contribution in [2.24, 2.45) is 5.41 Å². The van der Waals surface area contributed by atoms with Gasteiger partial charge in [-0.25, -0.2) is 0 Å². The van der Waals surface area contributed by atoms with Crippen molar-refractivity contribution < 1.29 is 19.2 Å². The highest BCUT2D eigenvalue weighted by Crippen LogP contribution is 2.41. The molecule has 2 rings (SSSR count). The van der Waals surface area contributed by atoms with E-state index in [0.29, 0.717) is 6.29 Å². The van der Waals surface area contributed by atoms with Crippen molar-refractivity contribution in [1.29, 1.82) is 0 Å². The van der Waals surface area contributed by atoms with Crippen LogP contribution in [0.25, 0.3) is 0 Å². The summed E-state index contributed by atoms with van der Waals surface area (Å²) in [7, 11) is 0. The lowest BCUT2D eigenvalue weighted by atomic mass is 9.96. The Morgan fingerprint density at radius 2 is 2.10 bits per heavy atom. The Morgan fingerprint density at radius 3 is 2.65 bits per heavy atom. The van der Waals surface area contributed by atoms with Gasteiger partial charge in [-0.15, -0.1) is 0 Å². The third kappa shape index (κ3) is 2.57. The molecule has 0 aromatic heterocycles. The highest BCUT2D eigenvalue weighted by molar-refractivity contribution is 5.89. The molecule has 0 bridgehead atoms. The fourth-order valence-corrected chi connectivity index (χ4v) is 1.69. The molecule has 1 aliphatic rings. The fourth-order valence-electron chi connectivity index (χ4n) is 1.69. The van der Waals surface area contributed by atoms with E-state index in [1.807, 2.05) is 20.8 Å². The summed E-state index contributed by atoms with van der Waals surface area (Å²) in [4.78, 5) is 21.6. The van der Waals surface area contributed by atoms with Crippen LogP contribution in [0.15, 0.2) is 6.07 Å². The van der Waals surface area contributed by atoms with Crippen LogP contribution < -0.4 is 9.47 Å². The standard InChI is InChI=1S/C14H13NO5/c1-14(2,3)5-4-9-10(7-16)11(15(17)18)6-12-13(9)20-8-19-12/h6-7H,8H2,1-3H3. The number of nitro groups is 1. The minimum absolute atomic E-state index is 0.0427. The summed E-state index contributed by atoms with van der Waals surface area (Å²) in [6.45, 7) is 5.65. The minimum atomic E-state index is -0.631. The average Bonchev–Trinajstić information content (AvgIpc) is 2.81. The lowest BCUT2D eigenvalue weighted by Gasteiger charge is -2.08. The summed E-state index contributed by atoms with van der Waals surface area (Å²) >= 11 is 0. The fraction of sp³-hybridized carbons (Fsp3) is 0.357. The van der Waals surface area contributed by atoms with E-state index < -0.39 is 4.92 Å². The van der Waals surface area contributed by atoms with Gasteiger partial charge >= 0.3 is 0 Å². The molecule has 0 unspecified atom stereocenters. The lowest BCUT2D eigenvalue weighted by Crippen LogP contribution is -2.02. The number of nitrogens with zero attached hydrogens (tertiary/aromatic N) is 1. The maximum Gasteiger partial charge on any atom is 0.285 e. The Hall–Kier alpha value is -2.55. The zero-order chi connectivity index (χ0) is 14.9. The zero-order valence-electron chi connectivity index (χ0n) is 11.4. The summed E-state index contributed by atoms with van der Waals surface area (Å²) in [5.74, 6) is 6.27. The van der Waals surface area contributed by atoms with Crippen LogP contribution in [-0.4, -0.2) is 18.0 Å². The Labute approximate surface area is 115 Å². The molecule has 0 aliphatic carbocycles. The van der Waals surface area contributed by atoms with Gasteiger partial charge in [-0.3, -0.25) is 14.9 Å². The van der Waals surface area contributed by atoms with Gasteiger partial charge in [-0.2, -0.15) is 0 Å². The molecule has 1 heterocycles. The molecule has 0 amide bonds. The maximum absolute atomic E-state index is 11.2. The summed E-state index contributed by atoms with van der Waals surface area (Å²) in [5.41, 5.74) is -0.521. The first-order chi connectivity index (χ1) is 9.33. The maximum atomic E-state index is 11.2. The van der Waals surface area contributed by atoms with Crippen molar-refractivity contribution in [2.45, 2.75) is 20.8 Å². The van der Waals surface area contributed by atoms with E-state index in [1.165, 1.54) is 6.07 Å². The number of hydrogen-bond acceptors (Lipinski definition) is 5. The molecule has 104 valence electrons. The van der Waals surface area contributed by atoms with E-state index >= 15 is 0 Å². The van der Waals surface area contributed by atoms with Crippen molar-refractivity contribution in [3.8, 4) is 23.3 Å². The van der Waals surface area contributed by atoms with E-state index in [-0.39, 0.29) is 40.5 Å². The van der Waals surface area contributed by atoms with Crippen LogP contribution in [0.2, 0.25) is 0 Å². The van der Waals surface area contributed by atoms with Crippen molar-refractivity contribution in [2.75, 3.05) is 6.79 Å². The van der Waals surface area contributed by atoms with Crippen LogP contribution in [0.5, 0.6) is 11.5 Å². The first-order valence-corrected chi connectivity index (χ1v) is 5.93. The molecule has 1 aromatic rings. The zero-order valence-corrected chi connectivity index (χ0v) is 11.4. The third-order valence-corrected chi connectivity index (χ3v) is 2.56. The molecule has 1 aliphatic heterocycles. The van der Waals surface area contributed by atoms with Gasteiger partial charge in [0.25, 0.3) is 5.69 Å². The highest BCUT2D eigenvalue weighted by atomic mass is 16.7. The number of benzene rings is 1. The predicted octanol–water partition coefficient (Wildman–Crippen LogP) is 2.53. The van der Waals surface area contributed by atoms with Gasteiger partial charge in [0.05, 0.1) is 16.6 Å². The smallest absolute Gasteiger partial charge is 0.285 e. The Bertz CT molecular complexity index is 646. The van der Waals surface area contributed by atoms with Gasteiger partial charge in [-0.1, -0.05) is 11.8 Å². The van der Waals surface area contributed by atoms with E-state index in [0.717, 1.165) is 0 Å². The Morgan fingerprint density at radius 1 is 1.40 bits per heavy atom. The van der Waals surface area contributed by atoms with Crippen LogP contribution in [-0.2, 0) is 0 Å². The molecule has 0 spiro atoms. The van der Waals surface area contributed by atoms with Crippen LogP contribution in [0.1, 0.15) is 36.7 Å². The predicted molar refractivity (Wildman–Crippen MR) is 70.9 cm³/mol. The van der Waals surface area contributed by atoms with Crippen molar-refractivity contribution in [3.05, 3.63) is 27.3 Å². The van der Waals surface area contributed by atoms with E-state index in [2.05, 4.69) is 11.8 Å². The lowest BCUT2D eigenvalue weighted by molar-refractivity contribution is -0.385.